The third-order valence-corrected chi connectivity index (χ3v) is 7.91. The molecule has 0 amide bonds. The van der Waals surface area contributed by atoms with Crippen LogP contribution in [0.3, 0.4) is 0 Å². The average Bonchev–Trinajstić information content (AvgIpc) is 2.78. The van der Waals surface area contributed by atoms with Crippen molar-refractivity contribution in [3.63, 3.8) is 0 Å². The number of nitrogens with zero attached hydrogens (tertiary/aromatic N) is 2. The Morgan fingerprint density at radius 1 is 1.06 bits per heavy atom. The lowest BCUT2D eigenvalue weighted by Gasteiger charge is -2.47. The number of ether oxygens (including phenoxy) is 1. The van der Waals surface area contributed by atoms with Crippen LogP contribution in [0.2, 0.25) is 0 Å². The molecule has 1 N–H and O–H groups in total. The van der Waals surface area contributed by atoms with E-state index in [-0.39, 0.29) is 18.0 Å². The number of sulfonamides is 1. The van der Waals surface area contributed by atoms with E-state index in [2.05, 4.69) is 27.8 Å². The van der Waals surface area contributed by atoms with Crippen molar-refractivity contribution in [2.24, 2.45) is 0 Å². The van der Waals surface area contributed by atoms with Crippen LogP contribution in [-0.4, -0.2) is 44.3 Å². The number of hydrogen-bond donors (Lipinski definition) is 1. The molecule has 6 nitrogen and oxygen atoms in total. The molecule has 1 fully saturated rings. The van der Waals surface area contributed by atoms with Crippen LogP contribution in [0.25, 0.3) is 0 Å². The highest BCUT2D eigenvalue weighted by molar-refractivity contribution is 7.92. The summed E-state index contributed by atoms with van der Waals surface area (Å²) in [4.78, 5) is 2.63. The van der Waals surface area contributed by atoms with E-state index in [0.717, 1.165) is 74.9 Å². The van der Waals surface area contributed by atoms with Crippen LogP contribution < -0.4 is 9.46 Å². The fraction of sp³-hybridized carbons (Fsp3) is 0.480. The first-order valence-electron chi connectivity index (χ1n) is 11.4. The molecule has 5 rings (SSSR count). The van der Waals surface area contributed by atoms with Gasteiger partial charge in [-0.25, -0.2) is 8.42 Å². The highest BCUT2D eigenvalue weighted by atomic mass is 35.5. The van der Waals surface area contributed by atoms with Crippen LogP contribution in [0.1, 0.15) is 47.9 Å². The van der Waals surface area contributed by atoms with Crippen molar-refractivity contribution in [2.75, 3.05) is 24.1 Å². The van der Waals surface area contributed by atoms with E-state index in [4.69, 9.17) is 10.00 Å². The monoisotopic (exact) mass is 487 g/mol. The number of likely N-dealkylation sites (tertiary alicyclic amines) is 1. The average molecular weight is 488 g/mol. The molecule has 1 saturated heterocycles. The summed E-state index contributed by atoms with van der Waals surface area (Å²) in [5.74, 6) is 0.892. The van der Waals surface area contributed by atoms with Crippen molar-refractivity contribution in [1.29, 1.82) is 5.26 Å². The zero-order valence-corrected chi connectivity index (χ0v) is 20.5. The molecule has 0 bridgehead atoms. The second-order valence-corrected chi connectivity index (χ2v) is 11.3. The minimum Gasteiger partial charge on any atom is -0.487 e. The lowest BCUT2D eigenvalue weighted by Crippen LogP contribution is -2.53. The summed E-state index contributed by atoms with van der Waals surface area (Å²) in [5, 5.41) is 9.14. The van der Waals surface area contributed by atoms with Gasteiger partial charge in [0.2, 0.25) is 10.0 Å². The second-order valence-electron chi connectivity index (χ2n) is 9.51. The zero-order chi connectivity index (χ0) is 22.3. The minimum absolute atomic E-state index is 0. The number of hydrogen-bond acceptors (Lipinski definition) is 5. The summed E-state index contributed by atoms with van der Waals surface area (Å²) in [7, 11) is -3.28. The molecule has 0 saturated carbocycles. The van der Waals surface area contributed by atoms with Crippen molar-refractivity contribution >= 4 is 28.1 Å². The molecule has 176 valence electrons. The molecule has 0 radical (unpaired) electrons. The smallest absolute Gasteiger partial charge is 0.229 e. The molecular formula is C25H30ClN3O3S. The molecular weight excluding hydrogens is 458 g/mol. The van der Waals surface area contributed by atoms with Crippen molar-refractivity contribution in [3.8, 4) is 11.8 Å². The Morgan fingerprint density at radius 3 is 2.58 bits per heavy atom. The Balaban J connectivity index is 0.00000259. The van der Waals surface area contributed by atoms with E-state index in [1.165, 1.54) is 17.4 Å². The van der Waals surface area contributed by atoms with E-state index in [9.17, 15) is 8.42 Å². The summed E-state index contributed by atoms with van der Waals surface area (Å²) in [6.45, 7) is 2.08. The van der Waals surface area contributed by atoms with Gasteiger partial charge in [0.25, 0.3) is 0 Å². The number of nitrogens with one attached hydrogen (secondary N) is 1. The summed E-state index contributed by atoms with van der Waals surface area (Å²) in [6.07, 6.45) is 8.35. The summed E-state index contributed by atoms with van der Waals surface area (Å²) >= 11 is 0. The largest absolute Gasteiger partial charge is 0.487 e. The highest BCUT2D eigenvalue weighted by Gasteiger charge is 2.41. The third kappa shape index (κ3) is 5.13. The number of anilines is 1. The number of fused-ring (bicyclic) bond motifs is 2. The number of piperidine rings is 1. The van der Waals surface area contributed by atoms with Crippen LogP contribution in [0.15, 0.2) is 36.4 Å². The van der Waals surface area contributed by atoms with Crippen LogP contribution in [0.4, 0.5) is 5.69 Å². The maximum atomic E-state index is 11.5. The number of aryl methyl sites for hydroxylation is 2. The minimum atomic E-state index is -3.28. The SMILES string of the molecule is CS(=O)(=O)Nc1ccc2c(c1)CCC1(CCN(C3CCc4cc(C#N)ccc4C3)CC1)O2.Cl. The van der Waals surface area contributed by atoms with Crippen LogP contribution >= 0.6 is 12.4 Å². The van der Waals surface area contributed by atoms with Gasteiger partial charge in [0.05, 0.1) is 17.9 Å². The van der Waals surface area contributed by atoms with Crippen LogP contribution in [-0.2, 0) is 29.3 Å². The Kier molecular flexibility index (Phi) is 6.63. The van der Waals surface area contributed by atoms with E-state index in [1.807, 2.05) is 18.2 Å². The molecule has 2 heterocycles. The normalized spacial score (nSPS) is 21.6. The predicted octanol–water partition coefficient (Wildman–Crippen LogP) is 4.07. The molecule has 1 spiro atoms. The van der Waals surface area contributed by atoms with Gasteiger partial charge in [0, 0.05) is 24.8 Å². The van der Waals surface area contributed by atoms with Gasteiger partial charge in [0.1, 0.15) is 11.4 Å². The maximum absolute atomic E-state index is 11.5. The molecule has 8 heteroatoms. The fourth-order valence-corrected chi connectivity index (χ4v) is 6.12. The van der Waals surface area contributed by atoms with Gasteiger partial charge >= 0.3 is 0 Å². The first kappa shape index (κ1) is 23.9. The van der Waals surface area contributed by atoms with Gasteiger partial charge in [0.15, 0.2) is 0 Å². The van der Waals surface area contributed by atoms with Gasteiger partial charge in [-0.3, -0.25) is 9.62 Å². The molecule has 1 unspecified atom stereocenters. The lowest BCUT2D eigenvalue weighted by molar-refractivity contribution is -0.0259. The van der Waals surface area contributed by atoms with E-state index < -0.39 is 10.0 Å². The molecule has 33 heavy (non-hydrogen) atoms. The van der Waals surface area contributed by atoms with E-state index in [1.54, 1.807) is 6.07 Å². The first-order chi connectivity index (χ1) is 15.3. The van der Waals surface area contributed by atoms with Gasteiger partial charge in [-0.2, -0.15) is 5.26 Å². The standard InChI is InChI=1S/C25H29N3O3S.ClH/c1-32(29,30)27-22-5-7-24-21(15-22)8-9-25(31-24)10-12-28(13-11-25)23-6-4-19-14-18(17-26)2-3-20(19)16-23;/h2-3,5,7,14-15,23,27H,4,6,8-13,16H2,1H3;1H. The zero-order valence-electron chi connectivity index (χ0n) is 18.8. The first-order valence-corrected chi connectivity index (χ1v) is 13.3. The summed E-state index contributed by atoms with van der Waals surface area (Å²) < 4.78 is 32.1. The summed E-state index contributed by atoms with van der Waals surface area (Å²) in [6, 6.07) is 14.5. The predicted molar refractivity (Wildman–Crippen MR) is 132 cm³/mol. The fourth-order valence-electron chi connectivity index (χ4n) is 5.56. The van der Waals surface area contributed by atoms with Crippen LogP contribution in [0, 0.1) is 11.3 Å². The maximum Gasteiger partial charge on any atom is 0.229 e. The molecule has 2 aliphatic heterocycles. The topological polar surface area (TPSA) is 82.4 Å². The van der Waals surface area contributed by atoms with Crippen molar-refractivity contribution in [3.05, 3.63) is 58.7 Å². The number of nitriles is 1. The molecule has 2 aromatic rings. The van der Waals surface area contributed by atoms with Crippen molar-refractivity contribution < 1.29 is 13.2 Å². The number of rotatable bonds is 3. The molecule has 0 aromatic heterocycles. The van der Waals surface area contributed by atoms with E-state index >= 15 is 0 Å². The van der Waals surface area contributed by atoms with Gasteiger partial charge in [-0.1, -0.05) is 6.07 Å². The third-order valence-electron chi connectivity index (χ3n) is 7.30. The van der Waals surface area contributed by atoms with Gasteiger partial charge in [-0.15, -0.1) is 12.4 Å². The summed E-state index contributed by atoms with van der Waals surface area (Å²) in [5.41, 5.74) is 5.06. The second kappa shape index (κ2) is 9.17. The quantitative estimate of drug-likeness (QED) is 0.705. The number of halogens is 1. The van der Waals surface area contributed by atoms with Crippen molar-refractivity contribution in [1.82, 2.24) is 4.90 Å². The lowest BCUT2D eigenvalue weighted by atomic mass is 9.81. The molecule has 3 aliphatic rings. The van der Waals surface area contributed by atoms with Gasteiger partial charge < -0.3 is 4.74 Å². The Morgan fingerprint density at radius 2 is 1.85 bits per heavy atom. The molecule has 1 atom stereocenters. The number of benzene rings is 2. The Hall–Kier alpha value is -2.27. The van der Waals surface area contributed by atoms with Crippen LogP contribution in [0.5, 0.6) is 5.75 Å². The van der Waals surface area contributed by atoms with E-state index in [0.29, 0.717) is 11.7 Å². The Bertz CT molecular complexity index is 1180. The highest BCUT2D eigenvalue weighted by Crippen LogP contribution is 2.41. The van der Waals surface area contributed by atoms with Crippen molar-refractivity contribution in [2.45, 2.75) is 56.6 Å². The Labute approximate surface area is 202 Å². The molecule has 1 aliphatic carbocycles. The van der Waals surface area contributed by atoms with Gasteiger partial charge in [-0.05, 0) is 92.0 Å². The molecule has 2 aromatic carbocycles.